The van der Waals surface area contributed by atoms with E-state index in [-0.39, 0.29) is 0 Å². The third-order valence-corrected chi connectivity index (χ3v) is 5.17. The number of nitrogens with one attached hydrogen (secondary N) is 1. The second kappa shape index (κ2) is 7.10. The molecule has 0 aliphatic carbocycles. The third-order valence-electron chi connectivity index (χ3n) is 4.24. The Bertz CT molecular complexity index is 552. The lowest BCUT2D eigenvalue weighted by atomic mass is 9.84. The summed E-state index contributed by atoms with van der Waals surface area (Å²) in [5.74, 6) is 1.64. The Hall–Kier alpha value is -1.32. The Morgan fingerprint density at radius 1 is 1.29 bits per heavy atom. The molecule has 112 valence electrons. The van der Waals surface area contributed by atoms with Crippen LogP contribution in [0, 0.1) is 0 Å². The first kappa shape index (κ1) is 14.6. The van der Waals surface area contributed by atoms with Crippen molar-refractivity contribution in [3.8, 4) is 5.75 Å². The van der Waals surface area contributed by atoms with E-state index in [0.29, 0.717) is 12.0 Å². The lowest BCUT2D eigenvalue weighted by Crippen LogP contribution is -2.37. The number of hydrogen-bond acceptors (Lipinski definition) is 3. The van der Waals surface area contributed by atoms with Gasteiger partial charge in [-0.1, -0.05) is 31.2 Å². The summed E-state index contributed by atoms with van der Waals surface area (Å²) in [4.78, 5) is 1.48. The van der Waals surface area contributed by atoms with Gasteiger partial charge in [-0.15, -0.1) is 11.3 Å². The van der Waals surface area contributed by atoms with Crippen molar-refractivity contribution in [1.82, 2.24) is 5.32 Å². The van der Waals surface area contributed by atoms with Gasteiger partial charge < -0.3 is 10.1 Å². The van der Waals surface area contributed by atoms with Crippen molar-refractivity contribution < 1.29 is 4.74 Å². The summed E-state index contributed by atoms with van der Waals surface area (Å²) in [5.41, 5.74) is 1.38. The van der Waals surface area contributed by atoms with Crippen molar-refractivity contribution in [2.45, 2.75) is 38.1 Å². The number of thiophene rings is 1. The number of fused-ring (bicyclic) bond motifs is 1. The number of para-hydroxylation sites is 1. The highest BCUT2D eigenvalue weighted by Crippen LogP contribution is 2.36. The van der Waals surface area contributed by atoms with Gasteiger partial charge >= 0.3 is 0 Å². The minimum absolute atomic E-state index is 0.530. The second-order valence-corrected chi connectivity index (χ2v) is 6.60. The van der Waals surface area contributed by atoms with Crippen LogP contribution in [0.5, 0.6) is 5.75 Å². The Labute approximate surface area is 131 Å². The molecule has 2 heterocycles. The fourth-order valence-electron chi connectivity index (χ4n) is 3.25. The first-order valence-electron chi connectivity index (χ1n) is 7.86. The van der Waals surface area contributed by atoms with Crippen LogP contribution in [0.15, 0.2) is 41.8 Å². The topological polar surface area (TPSA) is 21.3 Å². The molecule has 1 aromatic heterocycles. The number of ether oxygens (including phenoxy) is 1. The van der Waals surface area contributed by atoms with E-state index in [4.69, 9.17) is 4.74 Å². The Morgan fingerprint density at radius 3 is 3.00 bits per heavy atom. The maximum absolute atomic E-state index is 5.81. The van der Waals surface area contributed by atoms with Crippen LogP contribution in [0.1, 0.15) is 36.1 Å². The average Bonchev–Trinajstić information content (AvgIpc) is 3.04. The molecule has 2 aromatic rings. The smallest absolute Gasteiger partial charge is 0.122 e. The van der Waals surface area contributed by atoms with Crippen LogP contribution in [-0.2, 0) is 6.42 Å². The van der Waals surface area contributed by atoms with Crippen LogP contribution in [0.4, 0.5) is 0 Å². The zero-order chi connectivity index (χ0) is 14.5. The van der Waals surface area contributed by atoms with Crippen LogP contribution in [0.3, 0.4) is 0 Å². The highest BCUT2D eigenvalue weighted by Gasteiger charge is 2.28. The molecule has 0 saturated heterocycles. The van der Waals surface area contributed by atoms with E-state index in [1.54, 1.807) is 0 Å². The van der Waals surface area contributed by atoms with Gasteiger partial charge in [-0.3, -0.25) is 0 Å². The molecule has 2 unspecified atom stereocenters. The van der Waals surface area contributed by atoms with Crippen molar-refractivity contribution in [3.63, 3.8) is 0 Å². The van der Waals surface area contributed by atoms with E-state index in [2.05, 4.69) is 54.0 Å². The Balaban J connectivity index is 1.74. The molecule has 2 atom stereocenters. The molecule has 1 aromatic carbocycles. The summed E-state index contributed by atoms with van der Waals surface area (Å²) in [6.07, 6.45) is 3.46. The predicted octanol–water partition coefficient (Wildman–Crippen LogP) is 4.23. The van der Waals surface area contributed by atoms with Crippen molar-refractivity contribution in [2.24, 2.45) is 0 Å². The summed E-state index contributed by atoms with van der Waals surface area (Å²) >= 11 is 1.86. The van der Waals surface area contributed by atoms with Gasteiger partial charge in [0.25, 0.3) is 0 Å². The second-order valence-electron chi connectivity index (χ2n) is 5.56. The zero-order valence-electron chi connectivity index (χ0n) is 12.5. The SMILES string of the molecule is CCNC(CCc1cccs1)C1CCOc2ccccc21. The minimum atomic E-state index is 0.530. The molecule has 1 aliphatic rings. The van der Waals surface area contributed by atoms with Gasteiger partial charge in [0.2, 0.25) is 0 Å². The molecular formula is C18H23NOS. The van der Waals surface area contributed by atoms with Crippen molar-refractivity contribution >= 4 is 11.3 Å². The molecule has 0 amide bonds. The van der Waals surface area contributed by atoms with Crippen LogP contribution >= 0.6 is 11.3 Å². The number of benzene rings is 1. The molecule has 0 bridgehead atoms. The molecule has 1 aliphatic heterocycles. The van der Waals surface area contributed by atoms with E-state index in [1.807, 2.05) is 11.3 Å². The summed E-state index contributed by atoms with van der Waals surface area (Å²) in [7, 11) is 0. The van der Waals surface area contributed by atoms with E-state index >= 15 is 0 Å². The molecule has 2 nitrogen and oxygen atoms in total. The standard InChI is InChI=1S/C18H23NOS/c1-2-19-17(10-9-14-6-5-13-21-14)15-11-12-20-18-8-4-3-7-16(15)18/h3-8,13,15,17,19H,2,9-12H2,1H3. The lowest BCUT2D eigenvalue weighted by Gasteiger charge is -2.33. The van der Waals surface area contributed by atoms with E-state index in [9.17, 15) is 0 Å². The van der Waals surface area contributed by atoms with Gasteiger partial charge in [0.1, 0.15) is 5.75 Å². The molecule has 0 radical (unpaired) electrons. The maximum Gasteiger partial charge on any atom is 0.122 e. The summed E-state index contributed by atoms with van der Waals surface area (Å²) in [6, 6.07) is 13.4. The van der Waals surface area contributed by atoms with Gasteiger partial charge in [0, 0.05) is 16.8 Å². The first-order chi connectivity index (χ1) is 10.4. The fourth-order valence-corrected chi connectivity index (χ4v) is 3.97. The zero-order valence-corrected chi connectivity index (χ0v) is 13.4. The Morgan fingerprint density at radius 2 is 2.19 bits per heavy atom. The third kappa shape index (κ3) is 3.47. The summed E-state index contributed by atoms with van der Waals surface area (Å²) in [6.45, 7) is 4.06. The molecular weight excluding hydrogens is 278 g/mol. The maximum atomic E-state index is 5.81. The highest BCUT2D eigenvalue weighted by molar-refractivity contribution is 7.09. The largest absolute Gasteiger partial charge is 0.493 e. The van der Waals surface area contributed by atoms with Gasteiger partial charge in [-0.25, -0.2) is 0 Å². The van der Waals surface area contributed by atoms with Gasteiger partial charge in [0.05, 0.1) is 6.61 Å². The van der Waals surface area contributed by atoms with Crippen LogP contribution < -0.4 is 10.1 Å². The van der Waals surface area contributed by atoms with Crippen LogP contribution in [0.25, 0.3) is 0 Å². The summed E-state index contributed by atoms with van der Waals surface area (Å²) < 4.78 is 5.81. The molecule has 0 spiro atoms. The van der Waals surface area contributed by atoms with Crippen molar-refractivity contribution in [3.05, 3.63) is 52.2 Å². The molecule has 3 heteroatoms. The fraction of sp³-hybridized carbons (Fsp3) is 0.444. The number of hydrogen-bond donors (Lipinski definition) is 1. The van der Waals surface area contributed by atoms with Crippen molar-refractivity contribution in [1.29, 1.82) is 0 Å². The van der Waals surface area contributed by atoms with Crippen LogP contribution in [0.2, 0.25) is 0 Å². The van der Waals surface area contributed by atoms with Crippen molar-refractivity contribution in [2.75, 3.05) is 13.2 Å². The minimum Gasteiger partial charge on any atom is -0.493 e. The van der Waals surface area contributed by atoms with Crippen LogP contribution in [-0.4, -0.2) is 19.2 Å². The number of rotatable bonds is 6. The van der Waals surface area contributed by atoms with Gasteiger partial charge in [-0.2, -0.15) is 0 Å². The average molecular weight is 301 g/mol. The van der Waals surface area contributed by atoms with E-state index in [1.165, 1.54) is 16.9 Å². The monoisotopic (exact) mass is 301 g/mol. The Kier molecular flexibility index (Phi) is 4.94. The number of aryl methyl sites for hydroxylation is 1. The van der Waals surface area contributed by atoms with E-state index in [0.717, 1.165) is 31.7 Å². The number of likely N-dealkylation sites (N-methyl/N-ethyl adjacent to an activating group) is 1. The lowest BCUT2D eigenvalue weighted by molar-refractivity contribution is 0.242. The highest BCUT2D eigenvalue weighted by atomic mass is 32.1. The molecule has 0 fully saturated rings. The predicted molar refractivity (Wildman–Crippen MR) is 89.4 cm³/mol. The molecule has 21 heavy (non-hydrogen) atoms. The summed E-state index contributed by atoms with van der Waals surface area (Å²) in [5, 5.41) is 5.87. The molecule has 3 rings (SSSR count). The molecule has 1 N–H and O–H groups in total. The van der Waals surface area contributed by atoms with E-state index < -0.39 is 0 Å². The quantitative estimate of drug-likeness (QED) is 0.862. The van der Waals surface area contributed by atoms with Gasteiger partial charge in [0.15, 0.2) is 0 Å². The molecule has 0 saturated carbocycles. The normalized spacial score (nSPS) is 18.8. The van der Waals surface area contributed by atoms with Gasteiger partial charge in [-0.05, 0) is 48.9 Å². The first-order valence-corrected chi connectivity index (χ1v) is 8.74.